The molecule has 6 nitrogen and oxygen atoms in total. The molecule has 2 aromatic rings. The number of alkyl halides is 3. The Morgan fingerprint density at radius 3 is 2.04 bits per heavy atom. The minimum absolute atomic E-state index is 0.0337. The second kappa shape index (κ2) is 6.10. The Hall–Kier alpha value is -1.94. The second-order valence-electron chi connectivity index (χ2n) is 6.31. The van der Waals surface area contributed by atoms with E-state index in [0.717, 1.165) is 30.5 Å². The van der Waals surface area contributed by atoms with Crippen molar-refractivity contribution in [3.63, 3.8) is 0 Å². The van der Waals surface area contributed by atoms with Crippen LogP contribution in [0, 0.1) is 0 Å². The zero-order chi connectivity index (χ0) is 19.1. The zero-order valence-electron chi connectivity index (χ0n) is 13.8. The molecule has 0 amide bonds. The van der Waals surface area contributed by atoms with E-state index in [0.29, 0.717) is 0 Å². The predicted octanol–water partition coefficient (Wildman–Crippen LogP) is 2.01. The van der Waals surface area contributed by atoms with Crippen molar-refractivity contribution in [2.24, 2.45) is 0 Å². The van der Waals surface area contributed by atoms with Gasteiger partial charge in [0.15, 0.2) is 9.84 Å². The number of aliphatic hydroxyl groups is 1. The van der Waals surface area contributed by atoms with Crippen molar-refractivity contribution < 1.29 is 26.7 Å². The largest absolute Gasteiger partial charge is 0.416 e. The Kier molecular flexibility index (Phi) is 4.73. The highest BCUT2D eigenvalue weighted by Crippen LogP contribution is 2.40. The summed E-state index contributed by atoms with van der Waals surface area (Å²) in [5.74, 6) is 0. The van der Waals surface area contributed by atoms with Gasteiger partial charge >= 0.3 is 6.18 Å². The van der Waals surface area contributed by atoms with Gasteiger partial charge in [0.2, 0.25) is 0 Å². The standard InChI is InChI=1S/C15H18F3N3O3S/c1-13(2,25(3,23)24)14(22,8-21-10-19-9-20-21)11-4-6-12(7-5-11)15(16,17)18/h4-7,9-10,22H,8H2,1-3H3/t14-/m0/s1. The number of rotatable bonds is 5. The summed E-state index contributed by atoms with van der Waals surface area (Å²) in [6, 6.07) is 3.76. The summed E-state index contributed by atoms with van der Waals surface area (Å²) in [4.78, 5) is 3.73. The molecule has 0 saturated carbocycles. The van der Waals surface area contributed by atoms with E-state index >= 15 is 0 Å². The van der Waals surface area contributed by atoms with E-state index in [1.165, 1.54) is 31.2 Å². The van der Waals surface area contributed by atoms with Gasteiger partial charge in [-0.3, -0.25) is 0 Å². The molecule has 10 heteroatoms. The van der Waals surface area contributed by atoms with Crippen LogP contribution in [0.1, 0.15) is 25.0 Å². The van der Waals surface area contributed by atoms with Crippen molar-refractivity contribution in [3.8, 4) is 0 Å². The third-order valence-corrected chi connectivity index (χ3v) is 6.66. The molecule has 1 aromatic heterocycles. The quantitative estimate of drug-likeness (QED) is 0.862. The number of hydrogen-bond acceptors (Lipinski definition) is 5. The molecule has 0 aliphatic heterocycles. The van der Waals surface area contributed by atoms with Gasteiger partial charge in [-0.25, -0.2) is 18.1 Å². The summed E-state index contributed by atoms with van der Waals surface area (Å²) in [5.41, 5.74) is -2.89. The van der Waals surface area contributed by atoms with E-state index in [2.05, 4.69) is 10.1 Å². The van der Waals surface area contributed by atoms with Crippen LogP contribution in [-0.4, -0.2) is 39.3 Å². The van der Waals surface area contributed by atoms with Crippen LogP contribution in [0.2, 0.25) is 0 Å². The van der Waals surface area contributed by atoms with E-state index in [9.17, 15) is 26.7 Å². The summed E-state index contributed by atoms with van der Waals surface area (Å²) >= 11 is 0. The fourth-order valence-electron chi connectivity index (χ4n) is 2.42. The van der Waals surface area contributed by atoms with Crippen molar-refractivity contribution in [2.45, 2.75) is 36.9 Å². The molecule has 0 saturated heterocycles. The zero-order valence-corrected chi connectivity index (χ0v) is 14.6. The molecule has 0 spiro atoms. The first-order valence-corrected chi connectivity index (χ1v) is 9.10. The lowest BCUT2D eigenvalue weighted by Gasteiger charge is -2.41. The third-order valence-electron chi connectivity index (χ3n) is 4.47. The van der Waals surface area contributed by atoms with Gasteiger partial charge in [-0.1, -0.05) is 12.1 Å². The van der Waals surface area contributed by atoms with Crippen LogP contribution in [0.15, 0.2) is 36.9 Å². The lowest BCUT2D eigenvalue weighted by molar-refractivity contribution is -0.137. The number of halogens is 3. The maximum absolute atomic E-state index is 12.8. The molecule has 1 atom stereocenters. The fourth-order valence-corrected chi connectivity index (χ4v) is 3.22. The predicted molar refractivity (Wildman–Crippen MR) is 84.3 cm³/mol. The second-order valence-corrected chi connectivity index (χ2v) is 8.88. The highest BCUT2D eigenvalue weighted by Gasteiger charge is 2.52. The molecular formula is C15H18F3N3O3S. The van der Waals surface area contributed by atoms with Crippen molar-refractivity contribution >= 4 is 9.84 Å². The van der Waals surface area contributed by atoms with Crippen LogP contribution >= 0.6 is 0 Å². The Labute approximate surface area is 143 Å². The number of nitrogens with zero attached hydrogens (tertiary/aromatic N) is 3. The lowest BCUT2D eigenvalue weighted by Crippen LogP contribution is -2.54. The third kappa shape index (κ3) is 3.54. The van der Waals surface area contributed by atoms with Gasteiger partial charge in [-0.05, 0) is 31.5 Å². The Bertz CT molecular complexity index is 831. The molecule has 0 bridgehead atoms. The fraction of sp³-hybridized carbons (Fsp3) is 0.467. The normalized spacial score (nSPS) is 15.8. The first-order valence-electron chi connectivity index (χ1n) is 7.21. The number of sulfone groups is 1. The molecule has 1 aromatic carbocycles. The minimum Gasteiger partial charge on any atom is -0.382 e. The van der Waals surface area contributed by atoms with Crippen molar-refractivity contribution in [1.82, 2.24) is 14.8 Å². The Morgan fingerprint density at radius 2 is 1.64 bits per heavy atom. The lowest BCUT2D eigenvalue weighted by atomic mass is 9.82. The molecule has 138 valence electrons. The first kappa shape index (κ1) is 19.4. The molecule has 1 N–H and O–H groups in total. The average molecular weight is 377 g/mol. The topological polar surface area (TPSA) is 85.1 Å². The van der Waals surface area contributed by atoms with Gasteiger partial charge in [0.05, 0.1) is 12.1 Å². The van der Waals surface area contributed by atoms with Crippen LogP contribution in [0.25, 0.3) is 0 Å². The monoisotopic (exact) mass is 377 g/mol. The summed E-state index contributed by atoms with van der Waals surface area (Å²) in [5, 5.41) is 15.1. The van der Waals surface area contributed by atoms with Crippen LogP contribution in [0.5, 0.6) is 0 Å². The molecule has 25 heavy (non-hydrogen) atoms. The number of benzene rings is 1. The summed E-state index contributed by atoms with van der Waals surface area (Å²) < 4.78 is 62.3. The smallest absolute Gasteiger partial charge is 0.382 e. The van der Waals surface area contributed by atoms with Crippen LogP contribution < -0.4 is 0 Å². The van der Waals surface area contributed by atoms with Gasteiger partial charge in [0, 0.05) is 6.26 Å². The molecule has 0 aliphatic rings. The Morgan fingerprint density at radius 1 is 1.12 bits per heavy atom. The molecule has 0 aliphatic carbocycles. The SMILES string of the molecule is CC(C)([C@](O)(Cn1cncn1)c1ccc(C(F)(F)F)cc1)S(C)(=O)=O. The van der Waals surface area contributed by atoms with Gasteiger partial charge in [0.25, 0.3) is 0 Å². The van der Waals surface area contributed by atoms with Crippen molar-refractivity contribution in [2.75, 3.05) is 6.26 Å². The molecule has 2 rings (SSSR count). The maximum Gasteiger partial charge on any atom is 0.416 e. The molecule has 0 radical (unpaired) electrons. The van der Waals surface area contributed by atoms with E-state index in [1.54, 1.807) is 0 Å². The van der Waals surface area contributed by atoms with Crippen molar-refractivity contribution in [1.29, 1.82) is 0 Å². The highest BCUT2D eigenvalue weighted by atomic mass is 32.2. The maximum atomic E-state index is 12.8. The highest BCUT2D eigenvalue weighted by molar-refractivity contribution is 7.92. The number of hydrogen-bond donors (Lipinski definition) is 1. The van der Waals surface area contributed by atoms with Gasteiger partial charge < -0.3 is 5.11 Å². The molecule has 1 heterocycles. The van der Waals surface area contributed by atoms with Crippen LogP contribution in [0.4, 0.5) is 13.2 Å². The van der Waals surface area contributed by atoms with Gasteiger partial charge in [-0.15, -0.1) is 0 Å². The van der Waals surface area contributed by atoms with Crippen LogP contribution in [-0.2, 0) is 28.2 Å². The van der Waals surface area contributed by atoms with E-state index < -0.39 is 31.9 Å². The summed E-state index contributed by atoms with van der Waals surface area (Å²) in [6.45, 7) is 2.34. The van der Waals surface area contributed by atoms with E-state index in [1.807, 2.05) is 0 Å². The van der Waals surface area contributed by atoms with Crippen LogP contribution in [0.3, 0.4) is 0 Å². The minimum atomic E-state index is -4.53. The van der Waals surface area contributed by atoms with E-state index in [4.69, 9.17) is 0 Å². The molecular weight excluding hydrogens is 359 g/mol. The van der Waals surface area contributed by atoms with Gasteiger partial charge in [0.1, 0.15) is 23.0 Å². The summed E-state index contributed by atoms with van der Waals surface area (Å²) in [6.07, 6.45) is -1.08. The van der Waals surface area contributed by atoms with E-state index in [-0.39, 0.29) is 12.1 Å². The average Bonchev–Trinajstić information content (AvgIpc) is 2.97. The molecule has 0 unspecified atom stereocenters. The Balaban J connectivity index is 2.59. The molecule has 0 fully saturated rings. The van der Waals surface area contributed by atoms with Crippen molar-refractivity contribution in [3.05, 3.63) is 48.0 Å². The van der Waals surface area contributed by atoms with Gasteiger partial charge in [-0.2, -0.15) is 18.3 Å². The first-order chi connectivity index (χ1) is 11.3. The number of aromatic nitrogens is 3. The summed E-state index contributed by atoms with van der Waals surface area (Å²) in [7, 11) is -3.78.